The van der Waals surface area contributed by atoms with Crippen molar-refractivity contribution >= 4 is 32.0 Å². The molecule has 0 spiro atoms. The molecule has 0 aliphatic carbocycles. The molecular formula is C22H25N3O2S2. The molecule has 4 rings (SSSR count). The number of piperidine rings is 1. The Morgan fingerprint density at radius 3 is 2.34 bits per heavy atom. The first-order chi connectivity index (χ1) is 14.0. The normalized spacial score (nSPS) is 15.3. The summed E-state index contributed by atoms with van der Waals surface area (Å²) in [5.74, 6) is 0. The topological polar surface area (TPSA) is 62.3 Å². The van der Waals surface area contributed by atoms with Crippen LogP contribution in [0.4, 0.5) is 10.8 Å². The van der Waals surface area contributed by atoms with E-state index >= 15 is 0 Å². The molecule has 0 amide bonds. The monoisotopic (exact) mass is 427 g/mol. The maximum atomic E-state index is 11.6. The third-order valence-electron chi connectivity index (χ3n) is 5.14. The molecule has 1 aromatic heterocycles. The fraction of sp³-hybridized carbons (Fsp3) is 0.318. The summed E-state index contributed by atoms with van der Waals surface area (Å²) >= 11 is 1.53. The van der Waals surface area contributed by atoms with Crippen molar-refractivity contribution in [2.75, 3.05) is 24.7 Å². The fourth-order valence-corrected chi connectivity index (χ4v) is 4.90. The molecule has 7 heteroatoms. The third-order valence-corrected chi connectivity index (χ3v) is 7.03. The lowest BCUT2D eigenvalue weighted by Crippen LogP contribution is -2.28. The van der Waals surface area contributed by atoms with Crippen LogP contribution in [0.5, 0.6) is 0 Å². The van der Waals surface area contributed by atoms with Crippen LogP contribution in [0.15, 0.2) is 58.8 Å². The van der Waals surface area contributed by atoms with Crippen LogP contribution in [0.25, 0.3) is 11.3 Å². The number of sulfone groups is 1. The van der Waals surface area contributed by atoms with Crippen molar-refractivity contribution in [3.8, 4) is 11.3 Å². The number of hydrogen-bond acceptors (Lipinski definition) is 6. The minimum atomic E-state index is -3.18. The average Bonchev–Trinajstić information content (AvgIpc) is 3.17. The Morgan fingerprint density at radius 2 is 1.69 bits per heavy atom. The van der Waals surface area contributed by atoms with Crippen LogP contribution < -0.4 is 5.32 Å². The molecule has 2 aromatic carbocycles. The van der Waals surface area contributed by atoms with Gasteiger partial charge in [0.15, 0.2) is 15.0 Å². The number of thiazole rings is 1. The Balaban J connectivity index is 1.40. The molecule has 0 atom stereocenters. The SMILES string of the molecule is CS(=O)(=O)c1ccc(Nc2nc(-c3ccc(CN4CCCCC4)cc3)cs2)cc1. The first-order valence-corrected chi connectivity index (χ1v) is 12.6. The van der Waals surface area contributed by atoms with E-state index in [0.29, 0.717) is 4.90 Å². The van der Waals surface area contributed by atoms with E-state index in [1.54, 1.807) is 24.3 Å². The van der Waals surface area contributed by atoms with Crippen LogP contribution in [0.2, 0.25) is 0 Å². The zero-order valence-electron chi connectivity index (χ0n) is 16.5. The van der Waals surface area contributed by atoms with E-state index in [2.05, 4.69) is 39.5 Å². The standard InChI is InChI=1S/C22H25N3O2S2/c1-29(26,27)20-11-9-19(10-12-20)23-22-24-21(16-28-22)18-7-5-17(6-8-18)15-25-13-3-2-4-14-25/h5-12,16H,2-4,13-15H2,1H3,(H,23,24). The second kappa shape index (κ2) is 8.65. The van der Waals surface area contributed by atoms with Gasteiger partial charge in [0.25, 0.3) is 0 Å². The highest BCUT2D eigenvalue weighted by Crippen LogP contribution is 2.28. The van der Waals surface area contributed by atoms with Crippen LogP contribution in [0.1, 0.15) is 24.8 Å². The van der Waals surface area contributed by atoms with Gasteiger partial charge in [-0.2, -0.15) is 0 Å². The highest BCUT2D eigenvalue weighted by molar-refractivity contribution is 7.90. The predicted molar refractivity (Wildman–Crippen MR) is 120 cm³/mol. The summed E-state index contributed by atoms with van der Waals surface area (Å²) in [6.07, 6.45) is 5.19. The average molecular weight is 428 g/mol. The second-order valence-electron chi connectivity index (χ2n) is 7.49. The van der Waals surface area contributed by atoms with E-state index in [1.807, 2.05) is 5.38 Å². The Hall–Kier alpha value is -2.22. The molecule has 1 saturated heterocycles. The number of hydrogen-bond donors (Lipinski definition) is 1. The van der Waals surface area contributed by atoms with Gasteiger partial charge in [-0.25, -0.2) is 13.4 Å². The van der Waals surface area contributed by atoms with E-state index < -0.39 is 9.84 Å². The molecule has 0 saturated carbocycles. The summed E-state index contributed by atoms with van der Waals surface area (Å²) in [6.45, 7) is 3.43. The molecule has 5 nitrogen and oxygen atoms in total. The zero-order chi connectivity index (χ0) is 20.3. The van der Waals surface area contributed by atoms with Gasteiger partial charge in [-0.1, -0.05) is 30.7 Å². The van der Waals surface area contributed by atoms with Crippen LogP contribution in [0, 0.1) is 0 Å². The molecule has 2 heterocycles. The largest absolute Gasteiger partial charge is 0.332 e. The molecule has 152 valence electrons. The van der Waals surface area contributed by atoms with Crippen molar-refractivity contribution in [3.63, 3.8) is 0 Å². The van der Waals surface area contributed by atoms with Crippen molar-refractivity contribution in [1.82, 2.24) is 9.88 Å². The Morgan fingerprint density at radius 1 is 1.00 bits per heavy atom. The molecule has 0 bridgehead atoms. The predicted octanol–water partition coefficient (Wildman–Crippen LogP) is 4.94. The first kappa shape index (κ1) is 20.1. The van der Waals surface area contributed by atoms with Gasteiger partial charge in [-0.15, -0.1) is 11.3 Å². The van der Waals surface area contributed by atoms with Gasteiger partial charge in [0.05, 0.1) is 10.6 Å². The van der Waals surface area contributed by atoms with Crippen LogP contribution in [0.3, 0.4) is 0 Å². The minimum Gasteiger partial charge on any atom is -0.332 e. The molecule has 1 N–H and O–H groups in total. The summed E-state index contributed by atoms with van der Waals surface area (Å²) in [6, 6.07) is 15.4. The zero-order valence-corrected chi connectivity index (χ0v) is 18.1. The lowest BCUT2D eigenvalue weighted by atomic mass is 10.1. The maximum absolute atomic E-state index is 11.6. The molecule has 0 radical (unpaired) electrons. The number of benzene rings is 2. The van der Waals surface area contributed by atoms with Gasteiger partial charge in [-0.05, 0) is 55.8 Å². The van der Waals surface area contributed by atoms with Crippen LogP contribution >= 0.6 is 11.3 Å². The number of rotatable bonds is 6. The molecule has 1 aliphatic heterocycles. The lowest BCUT2D eigenvalue weighted by molar-refractivity contribution is 0.221. The van der Waals surface area contributed by atoms with Crippen molar-refractivity contribution in [2.45, 2.75) is 30.7 Å². The minimum absolute atomic E-state index is 0.313. The third kappa shape index (κ3) is 5.23. The molecule has 1 fully saturated rings. The Bertz CT molecular complexity index is 1050. The number of aromatic nitrogens is 1. The quantitative estimate of drug-likeness (QED) is 0.603. The van der Waals surface area contributed by atoms with Crippen LogP contribution in [-0.4, -0.2) is 37.6 Å². The molecule has 0 unspecified atom stereocenters. The molecule has 3 aromatic rings. The highest BCUT2D eigenvalue weighted by atomic mass is 32.2. The van der Waals surface area contributed by atoms with E-state index in [1.165, 1.54) is 55.5 Å². The maximum Gasteiger partial charge on any atom is 0.187 e. The van der Waals surface area contributed by atoms with Gasteiger partial charge >= 0.3 is 0 Å². The van der Waals surface area contributed by atoms with Gasteiger partial charge in [0, 0.05) is 29.4 Å². The van der Waals surface area contributed by atoms with Crippen molar-refractivity contribution < 1.29 is 8.42 Å². The summed E-state index contributed by atoms with van der Waals surface area (Å²) in [4.78, 5) is 7.51. The van der Waals surface area contributed by atoms with E-state index in [4.69, 9.17) is 0 Å². The Kier molecular flexibility index (Phi) is 5.99. The van der Waals surface area contributed by atoms with E-state index in [0.717, 1.165) is 28.6 Å². The number of nitrogens with one attached hydrogen (secondary N) is 1. The summed E-state index contributed by atoms with van der Waals surface area (Å²) in [7, 11) is -3.18. The van der Waals surface area contributed by atoms with Gasteiger partial charge in [-0.3, -0.25) is 4.90 Å². The van der Waals surface area contributed by atoms with Gasteiger partial charge < -0.3 is 5.32 Å². The van der Waals surface area contributed by atoms with Crippen LogP contribution in [-0.2, 0) is 16.4 Å². The highest BCUT2D eigenvalue weighted by Gasteiger charge is 2.11. The fourth-order valence-electron chi connectivity index (χ4n) is 3.53. The van der Waals surface area contributed by atoms with Gasteiger partial charge in [0.1, 0.15) is 0 Å². The van der Waals surface area contributed by atoms with E-state index in [-0.39, 0.29) is 0 Å². The Labute approximate surface area is 176 Å². The number of likely N-dealkylation sites (tertiary alicyclic amines) is 1. The van der Waals surface area contributed by atoms with Crippen molar-refractivity contribution in [2.24, 2.45) is 0 Å². The first-order valence-electron chi connectivity index (χ1n) is 9.82. The number of nitrogens with zero attached hydrogens (tertiary/aromatic N) is 2. The van der Waals surface area contributed by atoms with E-state index in [9.17, 15) is 8.42 Å². The molecule has 29 heavy (non-hydrogen) atoms. The summed E-state index contributed by atoms with van der Waals surface area (Å²) < 4.78 is 23.1. The number of anilines is 2. The second-order valence-corrected chi connectivity index (χ2v) is 10.4. The summed E-state index contributed by atoms with van der Waals surface area (Å²) in [5.41, 5.74) is 4.20. The lowest BCUT2D eigenvalue weighted by Gasteiger charge is -2.26. The molecule has 1 aliphatic rings. The van der Waals surface area contributed by atoms with Crippen molar-refractivity contribution in [1.29, 1.82) is 0 Å². The summed E-state index contributed by atoms with van der Waals surface area (Å²) in [5, 5.41) is 6.06. The van der Waals surface area contributed by atoms with Gasteiger partial charge in [0.2, 0.25) is 0 Å². The smallest absolute Gasteiger partial charge is 0.187 e. The molecular weight excluding hydrogens is 402 g/mol. The van der Waals surface area contributed by atoms with Crippen molar-refractivity contribution in [3.05, 3.63) is 59.5 Å².